The molecule has 0 amide bonds. The number of aliphatic hydroxyl groups is 1. The summed E-state index contributed by atoms with van der Waals surface area (Å²) in [5.74, 6) is -1.16. The lowest BCUT2D eigenvalue weighted by molar-refractivity contribution is -0.0462. The molecule has 0 atom stereocenters. The van der Waals surface area contributed by atoms with Crippen LogP contribution in [-0.2, 0) is 6.42 Å². The Morgan fingerprint density at radius 3 is 1.76 bits per heavy atom. The Morgan fingerprint density at radius 2 is 1.41 bits per heavy atom. The molecule has 0 aliphatic rings. The van der Waals surface area contributed by atoms with Gasteiger partial charge in [-0.2, -0.15) is 0 Å². The van der Waals surface area contributed by atoms with E-state index in [4.69, 9.17) is 0 Å². The second kappa shape index (κ2) is 5.13. The first-order valence-electron chi connectivity index (χ1n) is 5.93. The summed E-state index contributed by atoms with van der Waals surface area (Å²) < 4.78 is 26.2. The van der Waals surface area contributed by atoms with E-state index in [1.165, 1.54) is 12.1 Å². The minimum absolute atomic E-state index is 0.0221. The molecule has 0 fully saturated rings. The van der Waals surface area contributed by atoms with Gasteiger partial charge in [0.15, 0.2) is 0 Å². The van der Waals surface area contributed by atoms with Gasteiger partial charge in [-0.1, -0.05) is 27.7 Å². The molecule has 0 aromatic heterocycles. The van der Waals surface area contributed by atoms with Crippen LogP contribution in [0.4, 0.5) is 8.78 Å². The van der Waals surface area contributed by atoms with Crippen LogP contribution in [0.5, 0.6) is 0 Å². The third-order valence-electron chi connectivity index (χ3n) is 3.41. The number of hydrogen-bond donors (Lipinski definition) is 1. The van der Waals surface area contributed by atoms with Crippen molar-refractivity contribution in [2.24, 2.45) is 11.8 Å². The fraction of sp³-hybridized carbons (Fsp3) is 0.571. The summed E-state index contributed by atoms with van der Waals surface area (Å²) in [6.07, 6.45) is 0.261. The summed E-state index contributed by atoms with van der Waals surface area (Å²) in [4.78, 5) is 0. The molecule has 0 radical (unpaired) electrons. The van der Waals surface area contributed by atoms with Crippen LogP contribution in [-0.4, -0.2) is 10.7 Å². The number of halogens is 2. The Hall–Kier alpha value is -0.960. The van der Waals surface area contributed by atoms with E-state index in [0.29, 0.717) is 5.56 Å². The smallest absolute Gasteiger partial charge is 0.126 e. The van der Waals surface area contributed by atoms with E-state index in [2.05, 4.69) is 0 Å². The van der Waals surface area contributed by atoms with Crippen LogP contribution in [0.15, 0.2) is 18.2 Å². The molecule has 0 saturated carbocycles. The maximum absolute atomic E-state index is 13.1. The molecule has 17 heavy (non-hydrogen) atoms. The quantitative estimate of drug-likeness (QED) is 0.856. The van der Waals surface area contributed by atoms with Gasteiger partial charge in [-0.15, -0.1) is 0 Å². The van der Waals surface area contributed by atoms with Crippen molar-refractivity contribution in [3.8, 4) is 0 Å². The highest BCUT2D eigenvalue weighted by Gasteiger charge is 2.34. The summed E-state index contributed by atoms with van der Waals surface area (Å²) >= 11 is 0. The molecule has 0 heterocycles. The topological polar surface area (TPSA) is 20.2 Å². The molecule has 1 nitrogen and oxygen atoms in total. The van der Waals surface area contributed by atoms with Gasteiger partial charge in [0.05, 0.1) is 5.60 Å². The summed E-state index contributed by atoms with van der Waals surface area (Å²) in [6.45, 7) is 7.65. The van der Waals surface area contributed by atoms with Crippen molar-refractivity contribution in [2.45, 2.75) is 39.7 Å². The molecule has 1 aromatic rings. The van der Waals surface area contributed by atoms with E-state index in [1.54, 1.807) is 0 Å². The Balaban J connectivity index is 3.02. The lowest BCUT2D eigenvalue weighted by atomic mass is 9.76. The summed E-state index contributed by atoms with van der Waals surface area (Å²) in [5.41, 5.74) is -0.451. The average molecular weight is 242 g/mol. The molecule has 96 valence electrons. The molecule has 1 rings (SSSR count). The second-order valence-corrected chi connectivity index (χ2v) is 5.26. The van der Waals surface area contributed by atoms with Crippen molar-refractivity contribution in [1.82, 2.24) is 0 Å². The maximum atomic E-state index is 13.1. The molecular formula is C14H20F2O. The van der Waals surface area contributed by atoms with Gasteiger partial charge >= 0.3 is 0 Å². The second-order valence-electron chi connectivity index (χ2n) is 5.26. The van der Waals surface area contributed by atoms with Gasteiger partial charge < -0.3 is 5.11 Å². The molecule has 1 N–H and O–H groups in total. The fourth-order valence-electron chi connectivity index (χ4n) is 2.11. The van der Waals surface area contributed by atoms with E-state index in [-0.39, 0.29) is 18.3 Å². The van der Waals surface area contributed by atoms with Gasteiger partial charge in [0, 0.05) is 12.5 Å². The minimum Gasteiger partial charge on any atom is -0.389 e. The van der Waals surface area contributed by atoms with Crippen molar-refractivity contribution in [1.29, 1.82) is 0 Å². The molecule has 0 unspecified atom stereocenters. The zero-order chi connectivity index (χ0) is 13.2. The Labute approximate surface area is 101 Å². The highest BCUT2D eigenvalue weighted by atomic mass is 19.1. The fourth-order valence-corrected chi connectivity index (χ4v) is 2.11. The largest absolute Gasteiger partial charge is 0.389 e. The summed E-state index contributed by atoms with van der Waals surface area (Å²) in [5, 5.41) is 10.6. The SMILES string of the molecule is CC(C)C(O)(Cc1cc(F)cc(F)c1)C(C)C. The van der Waals surface area contributed by atoms with Crippen LogP contribution in [0.1, 0.15) is 33.3 Å². The zero-order valence-corrected chi connectivity index (χ0v) is 10.8. The van der Waals surface area contributed by atoms with Gasteiger partial charge in [-0.05, 0) is 29.5 Å². The van der Waals surface area contributed by atoms with Gasteiger partial charge in [0.25, 0.3) is 0 Å². The van der Waals surface area contributed by atoms with Crippen LogP contribution < -0.4 is 0 Å². The Kier molecular flexibility index (Phi) is 4.26. The lowest BCUT2D eigenvalue weighted by Gasteiger charge is -2.36. The van der Waals surface area contributed by atoms with Crippen molar-refractivity contribution >= 4 is 0 Å². The van der Waals surface area contributed by atoms with Crippen molar-refractivity contribution in [2.75, 3.05) is 0 Å². The van der Waals surface area contributed by atoms with Crippen LogP contribution in [0.3, 0.4) is 0 Å². The van der Waals surface area contributed by atoms with E-state index >= 15 is 0 Å². The van der Waals surface area contributed by atoms with Crippen molar-refractivity contribution in [3.05, 3.63) is 35.4 Å². The maximum Gasteiger partial charge on any atom is 0.126 e. The highest BCUT2D eigenvalue weighted by Crippen LogP contribution is 2.30. The van der Waals surface area contributed by atoms with Gasteiger partial charge in [-0.3, -0.25) is 0 Å². The van der Waals surface area contributed by atoms with E-state index in [9.17, 15) is 13.9 Å². The summed E-state index contributed by atoms with van der Waals surface area (Å²) in [6, 6.07) is 3.39. The molecule has 0 saturated heterocycles. The van der Waals surface area contributed by atoms with Crippen LogP contribution in [0, 0.1) is 23.5 Å². The predicted octanol–water partition coefficient (Wildman–Crippen LogP) is 3.55. The van der Waals surface area contributed by atoms with Gasteiger partial charge in [-0.25, -0.2) is 8.78 Å². The first-order chi connectivity index (χ1) is 7.75. The van der Waals surface area contributed by atoms with E-state index in [1.807, 2.05) is 27.7 Å². The van der Waals surface area contributed by atoms with Crippen LogP contribution >= 0.6 is 0 Å². The Morgan fingerprint density at radius 1 is 1.00 bits per heavy atom. The van der Waals surface area contributed by atoms with Crippen molar-refractivity contribution < 1.29 is 13.9 Å². The van der Waals surface area contributed by atoms with Gasteiger partial charge in [0.2, 0.25) is 0 Å². The zero-order valence-electron chi connectivity index (χ0n) is 10.8. The van der Waals surface area contributed by atoms with E-state index < -0.39 is 17.2 Å². The molecule has 0 spiro atoms. The molecule has 0 aliphatic heterocycles. The minimum atomic E-state index is -0.944. The third-order valence-corrected chi connectivity index (χ3v) is 3.41. The first-order valence-corrected chi connectivity index (χ1v) is 5.93. The first kappa shape index (κ1) is 14.1. The number of hydrogen-bond acceptors (Lipinski definition) is 1. The molecule has 0 bridgehead atoms. The van der Waals surface area contributed by atoms with Crippen molar-refractivity contribution in [3.63, 3.8) is 0 Å². The number of rotatable bonds is 4. The molecule has 1 aromatic carbocycles. The number of benzene rings is 1. The summed E-state index contributed by atoms with van der Waals surface area (Å²) in [7, 11) is 0. The van der Waals surface area contributed by atoms with E-state index in [0.717, 1.165) is 6.07 Å². The predicted molar refractivity (Wildman–Crippen MR) is 64.7 cm³/mol. The molecular weight excluding hydrogens is 222 g/mol. The van der Waals surface area contributed by atoms with Crippen LogP contribution in [0.2, 0.25) is 0 Å². The third kappa shape index (κ3) is 3.25. The molecule has 3 heteroatoms. The highest BCUT2D eigenvalue weighted by molar-refractivity contribution is 5.20. The normalized spacial score (nSPS) is 12.5. The van der Waals surface area contributed by atoms with Gasteiger partial charge in [0.1, 0.15) is 11.6 Å². The Bertz CT molecular complexity index is 358. The monoisotopic (exact) mass is 242 g/mol. The average Bonchev–Trinajstić information content (AvgIpc) is 2.14. The standard InChI is InChI=1S/C14H20F2O/c1-9(2)14(17,10(3)4)8-11-5-12(15)7-13(16)6-11/h5-7,9-10,17H,8H2,1-4H3. The molecule has 0 aliphatic carbocycles. The lowest BCUT2D eigenvalue weighted by Crippen LogP contribution is -2.42. The van der Waals surface area contributed by atoms with Crippen LogP contribution in [0.25, 0.3) is 0 Å².